The summed E-state index contributed by atoms with van der Waals surface area (Å²) in [5, 5.41) is 3.66. The van der Waals surface area contributed by atoms with Crippen molar-refractivity contribution in [1.29, 1.82) is 0 Å². The van der Waals surface area contributed by atoms with Crippen molar-refractivity contribution in [3.05, 3.63) is 0 Å². The summed E-state index contributed by atoms with van der Waals surface area (Å²) in [6.45, 7) is 16.5. The average molecular weight is 255 g/mol. The lowest BCUT2D eigenvalue weighted by atomic mass is 10.1. The molecule has 1 fully saturated rings. The third-order valence-electron chi connectivity index (χ3n) is 4.47. The van der Waals surface area contributed by atoms with Crippen molar-refractivity contribution in [1.82, 2.24) is 15.1 Å². The molecule has 0 spiro atoms. The monoisotopic (exact) mass is 255 g/mol. The van der Waals surface area contributed by atoms with E-state index < -0.39 is 0 Å². The highest BCUT2D eigenvalue weighted by Crippen LogP contribution is 2.08. The Kier molecular flexibility index (Phi) is 7.87. The number of hydrogen-bond donors (Lipinski definition) is 1. The molecule has 1 atom stereocenters. The second kappa shape index (κ2) is 8.89. The maximum Gasteiger partial charge on any atom is 0.0113 e. The summed E-state index contributed by atoms with van der Waals surface area (Å²) in [6, 6.07) is 1.47. The van der Waals surface area contributed by atoms with Crippen LogP contribution in [0.5, 0.6) is 0 Å². The molecule has 0 aromatic rings. The Morgan fingerprint density at radius 1 is 0.944 bits per heavy atom. The molecule has 0 aromatic heterocycles. The van der Waals surface area contributed by atoms with Gasteiger partial charge in [-0.15, -0.1) is 0 Å². The molecule has 0 radical (unpaired) electrons. The first-order chi connectivity index (χ1) is 8.71. The van der Waals surface area contributed by atoms with Crippen molar-refractivity contribution in [2.45, 2.75) is 59.0 Å². The molecule has 1 heterocycles. The summed E-state index contributed by atoms with van der Waals surface area (Å²) in [5.41, 5.74) is 0. The molecule has 1 saturated heterocycles. The smallest absolute Gasteiger partial charge is 0.0113 e. The second-order valence-corrected chi connectivity index (χ2v) is 5.60. The van der Waals surface area contributed by atoms with E-state index in [-0.39, 0.29) is 0 Å². The normalized spacial score (nSPS) is 20.5. The molecule has 1 rings (SSSR count). The standard InChI is InChI=1S/C15H33N3/c1-5-14(4)18-12-10-17(11-13-18)9-8-16-15(6-2)7-3/h14-16H,5-13H2,1-4H3. The van der Waals surface area contributed by atoms with E-state index in [1.165, 1.54) is 52.0 Å². The summed E-state index contributed by atoms with van der Waals surface area (Å²) < 4.78 is 0. The van der Waals surface area contributed by atoms with Gasteiger partial charge < -0.3 is 5.32 Å². The van der Waals surface area contributed by atoms with Crippen LogP contribution in [0.4, 0.5) is 0 Å². The van der Waals surface area contributed by atoms with Gasteiger partial charge in [0.25, 0.3) is 0 Å². The molecule has 0 bridgehead atoms. The Labute approximate surface area is 114 Å². The first-order valence-electron chi connectivity index (χ1n) is 7.90. The van der Waals surface area contributed by atoms with Gasteiger partial charge in [0.15, 0.2) is 0 Å². The van der Waals surface area contributed by atoms with Gasteiger partial charge in [-0.1, -0.05) is 20.8 Å². The zero-order chi connectivity index (χ0) is 13.4. The molecule has 0 saturated carbocycles. The minimum absolute atomic E-state index is 0.714. The highest BCUT2D eigenvalue weighted by molar-refractivity contribution is 4.76. The van der Waals surface area contributed by atoms with Crippen LogP contribution in [0.25, 0.3) is 0 Å². The summed E-state index contributed by atoms with van der Waals surface area (Å²) in [4.78, 5) is 5.24. The zero-order valence-corrected chi connectivity index (χ0v) is 12.9. The molecule has 1 N–H and O–H groups in total. The van der Waals surface area contributed by atoms with Crippen LogP contribution >= 0.6 is 0 Å². The van der Waals surface area contributed by atoms with Crippen LogP contribution in [-0.4, -0.2) is 61.2 Å². The van der Waals surface area contributed by atoms with Crippen molar-refractivity contribution < 1.29 is 0 Å². The van der Waals surface area contributed by atoms with Gasteiger partial charge in [0.05, 0.1) is 0 Å². The highest BCUT2D eigenvalue weighted by Gasteiger charge is 2.19. The van der Waals surface area contributed by atoms with E-state index in [0.29, 0.717) is 6.04 Å². The summed E-state index contributed by atoms with van der Waals surface area (Å²) in [7, 11) is 0. The topological polar surface area (TPSA) is 18.5 Å². The summed E-state index contributed by atoms with van der Waals surface area (Å²) in [6.07, 6.45) is 3.77. The molecule has 0 amide bonds. The van der Waals surface area contributed by atoms with Crippen LogP contribution in [0.2, 0.25) is 0 Å². The van der Waals surface area contributed by atoms with Crippen LogP contribution < -0.4 is 5.32 Å². The van der Waals surface area contributed by atoms with Gasteiger partial charge in [-0.25, -0.2) is 0 Å². The maximum atomic E-state index is 3.66. The van der Waals surface area contributed by atoms with Crippen LogP contribution in [0.15, 0.2) is 0 Å². The fourth-order valence-corrected chi connectivity index (χ4v) is 2.69. The van der Waals surface area contributed by atoms with Crippen molar-refractivity contribution in [3.63, 3.8) is 0 Å². The first-order valence-corrected chi connectivity index (χ1v) is 7.90. The van der Waals surface area contributed by atoms with E-state index in [1.54, 1.807) is 0 Å². The van der Waals surface area contributed by atoms with Crippen LogP contribution in [0.3, 0.4) is 0 Å². The molecule has 18 heavy (non-hydrogen) atoms. The molecule has 108 valence electrons. The van der Waals surface area contributed by atoms with E-state index in [0.717, 1.165) is 12.6 Å². The van der Waals surface area contributed by atoms with Gasteiger partial charge in [-0.2, -0.15) is 0 Å². The molecule has 1 aliphatic rings. The van der Waals surface area contributed by atoms with E-state index in [4.69, 9.17) is 0 Å². The Bertz CT molecular complexity index is 196. The van der Waals surface area contributed by atoms with Crippen molar-refractivity contribution in [3.8, 4) is 0 Å². The SMILES string of the molecule is CCC(CC)NCCN1CCN(C(C)CC)CC1. The molecule has 1 aliphatic heterocycles. The van der Waals surface area contributed by atoms with E-state index in [1.807, 2.05) is 0 Å². The van der Waals surface area contributed by atoms with Gasteiger partial charge in [-0.3, -0.25) is 9.80 Å². The molecule has 3 nitrogen and oxygen atoms in total. The number of piperazine rings is 1. The van der Waals surface area contributed by atoms with E-state index in [2.05, 4.69) is 42.8 Å². The fraction of sp³-hybridized carbons (Fsp3) is 1.00. The average Bonchev–Trinajstić information content (AvgIpc) is 2.43. The van der Waals surface area contributed by atoms with E-state index in [9.17, 15) is 0 Å². The molecule has 3 heteroatoms. The van der Waals surface area contributed by atoms with Gasteiger partial charge in [-0.05, 0) is 26.2 Å². The Hall–Kier alpha value is -0.120. The van der Waals surface area contributed by atoms with Crippen LogP contribution in [0.1, 0.15) is 47.0 Å². The predicted octanol–water partition coefficient (Wildman–Crippen LogP) is 2.18. The van der Waals surface area contributed by atoms with Crippen LogP contribution in [-0.2, 0) is 0 Å². The third kappa shape index (κ3) is 5.25. The fourth-order valence-electron chi connectivity index (χ4n) is 2.69. The lowest BCUT2D eigenvalue weighted by Gasteiger charge is -2.38. The second-order valence-electron chi connectivity index (χ2n) is 5.60. The van der Waals surface area contributed by atoms with Gasteiger partial charge >= 0.3 is 0 Å². The maximum absolute atomic E-state index is 3.66. The van der Waals surface area contributed by atoms with Crippen molar-refractivity contribution in [2.24, 2.45) is 0 Å². The highest BCUT2D eigenvalue weighted by atomic mass is 15.3. The Morgan fingerprint density at radius 2 is 1.56 bits per heavy atom. The minimum atomic E-state index is 0.714. The third-order valence-corrected chi connectivity index (χ3v) is 4.47. The van der Waals surface area contributed by atoms with Gasteiger partial charge in [0.2, 0.25) is 0 Å². The minimum Gasteiger partial charge on any atom is -0.313 e. The molecular formula is C15H33N3. The lowest BCUT2D eigenvalue weighted by molar-refractivity contribution is 0.101. The Balaban J connectivity index is 2.12. The van der Waals surface area contributed by atoms with Crippen molar-refractivity contribution >= 4 is 0 Å². The molecule has 1 unspecified atom stereocenters. The molecular weight excluding hydrogens is 222 g/mol. The lowest BCUT2D eigenvalue weighted by Crippen LogP contribution is -2.51. The van der Waals surface area contributed by atoms with Crippen molar-refractivity contribution in [2.75, 3.05) is 39.3 Å². The summed E-state index contributed by atoms with van der Waals surface area (Å²) in [5.74, 6) is 0. The number of hydrogen-bond acceptors (Lipinski definition) is 3. The Morgan fingerprint density at radius 3 is 2.06 bits per heavy atom. The number of rotatable bonds is 8. The van der Waals surface area contributed by atoms with Gasteiger partial charge in [0.1, 0.15) is 0 Å². The zero-order valence-electron chi connectivity index (χ0n) is 12.9. The van der Waals surface area contributed by atoms with E-state index >= 15 is 0 Å². The molecule has 0 aromatic carbocycles. The van der Waals surface area contributed by atoms with Crippen LogP contribution in [0, 0.1) is 0 Å². The number of nitrogens with one attached hydrogen (secondary N) is 1. The predicted molar refractivity (Wildman–Crippen MR) is 80.1 cm³/mol. The largest absolute Gasteiger partial charge is 0.313 e. The number of nitrogens with zero attached hydrogens (tertiary/aromatic N) is 2. The first kappa shape index (κ1) is 15.9. The quantitative estimate of drug-likeness (QED) is 0.717. The van der Waals surface area contributed by atoms with Gasteiger partial charge in [0, 0.05) is 51.4 Å². The molecule has 0 aliphatic carbocycles. The summed E-state index contributed by atoms with van der Waals surface area (Å²) >= 11 is 0.